The Labute approximate surface area is 171 Å². The van der Waals surface area contributed by atoms with E-state index in [0.29, 0.717) is 36.3 Å². The highest BCUT2D eigenvalue weighted by Crippen LogP contribution is 2.29. The van der Waals surface area contributed by atoms with Gasteiger partial charge in [0.1, 0.15) is 5.15 Å². The fourth-order valence-electron chi connectivity index (χ4n) is 2.99. The lowest BCUT2D eigenvalue weighted by molar-refractivity contribution is 0.0963. The highest BCUT2D eigenvalue weighted by molar-refractivity contribution is 6.29. The number of carbonyl (C=O) groups is 1. The Morgan fingerprint density at radius 2 is 2.21 bits per heavy atom. The molecule has 148 valence electrons. The summed E-state index contributed by atoms with van der Waals surface area (Å²) >= 11 is 6.01. The Morgan fingerprint density at radius 1 is 1.39 bits per heavy atom. The minimum Gasteiger partial charge on any atom is -0.383 e. The van der Waals surface area contributed by atoms with Crippen LogP contribution >= 0.6 is 11.6 Å². The number of ether oxygens (including phenoxy) is 1. The molecule has 3 aromatic heterocycles. The molecule has 28 heavy (non-hydrogen) atoms. The van der Waals surface area contributed by atoms with E-state index in [9.17, 15) is 9.59 Å². The molecule has 0 aliphatic heterocycles. The highest BCUT2D eigenvalue weighted by atomic mass is 35.5. The third-order valence-electron chi connectivity index (χ3n) is 4.38. The second-order valence-electron chi connectivity index (χ2n) is 6.03. The van der Waals surface area contributed by atoms with Crippen molar-refractivity contribution in [3.63, 3.8) is 0 Å². The molecule has 0 spiro atoms. The van der Waals surface area contributed by atoms with Crippen molar-refractivity contribution >= 4 is 39.8 Å². The second-order valence-corrected chi connectivity index (χ2v) is 6.42. The van der Waals surface area contributed by atoms with Crippen molar-refractivity contribution in [2.45, 2.75) is 20.0 Å². The zero-order valence-electron chi connectivity index (χ0n) is 18.5. The van der Waals surface area contributed by atoms with Gasteiger partial charge in [-0.3, -0.25) is 9.59 Å². The fourth-order valence-corrected chi connectivity index (χ4v) is 3.15. The van der Waals surface area contributed by atoms with Crippen molar-refractivity contribution in [1.29, 1.82) is 0 Å². The number of fused-ring (bicyclic) bond motifs is 1. The number of hydrogen-bond donors (Lipinski definition) is 2. The number of methoxy groups -OCH3 is 1. The maximum Gasteiger partial charge on any atom is 0.262 e. The van der Waals surface area contributed by atoms with Crippen LogP contribution in [0.3, 0.4) is 0 Å². The van der Waals surface area contributed by atoms with E-state index in [1.165, 1.54) is 12.3 Å². The van der Waals surface area contributed by atoms with Crippen LogP contribution in [0.15, 0.2) is 35.5 Å². The van der Waals surface area contributed by atoms with Crippen molar-refractivity contribution in [2.24, 2.45) is 0 Å². The molecule has 1 amide bonds. The average molecular weight is 407 g/mol. The Morgan fingerprint density at radius 3 is 2.93 bits per heavy atom. The van der Waals surface area contributed by atoms with E-state index in [1.807, 2.05) is 22.9 Å². The monoisotopic (exact) mass is 406 g/mol. The van der Waals surface area contributed by atoms with Gasteiger partial charge in [0, 0.05) is 49.9 Å². The van der Waals surface area contributed by atoms with Crippen LogP contribution in [0.4, 0.5) is 11.4 Å². The zero-order chi connectivity index (χ0) is 22.8. The first-order valence-corrected chi connectivity index (χ1v) is 8.98. The Hall–Kier alpha value is -2.84. The number of aromatic nitrogens is 3. The van der Waals surface area contributed by atoms with Gasteiger partial charge >= 0.3 is 0 Å². The second kappa shape index (κ2) is 8.45. The SMILES string of the molecule is [2H]C([2H])([2H])NC(=O)c1cnc(Cl)cc1Nc1cn(CCOC)c2ccn(CC)c(=O)c12. The summed E-state index contributed by atoms with van der Waals surface area (Å²) in [4.78, 5) is 29.4. The molecule has 3 heterocycles. The average Bonchev–Trinajstić information content (AvgIpc) is 3.03. The zero-order valence-corrected chi connectivity index (χ0v) is 16.2. The molecule has 2 N–H and O–H groups in total. The van der Waals surface area contributed by atoms with Crippen LogP contribution in [-0.4, -0.2) is 40.7 Å². The summed E-state index contributed by atoms with van der Waals surface area (Å²) in [6, 6.07) is 3.23. The van der Waals surface area contributed by atoms with Crippen LogP contribution in [0.1, 0.15) is 21.4 Å². The van der Waals surface area contributed by atoms with Crippen molar-refractivity contribution in [3.05, 3.63) is 51.8 Å². The van der Waals surface area contributed by atoms with E-state index in [0.717, 1.165) is 0 Å². The number of hydrogen-bond acceptors (Lipinski definition) is 5. The lowest BCUT2D eigenvalue weighted by Crippen LogP contribution is -2.20. The number of amides is 1. The third-order valence-corrected chi connectivity index (χ3v) is 4.59. The normalized spacial score (nSPS) is 13.0. The van der Waals surface area contributed by atoms with Crippen LogP contribution < -0.4 is 16.2 Å². The molecule has 0 saturated heterocycles. The van der Waals surface area contributed by atoms with Gasteiger partial charge < -0.3 is 24.5 Å². The van der Waals surface area contributed by atoms with Gasteiger partial charge in [-0.25, -0.2) is 4.98 Å². The van der Waals surface area contributed by atoms with E-state index in [-0.39, 0.29) is 22.0 Å². The number of carbonyl (C=O) groups excluding carboxylic acids is 1. The molecule has 0 fully saturated rings. The van der Waals surface area contributed by atoms with Crippen molar-refractivity contribution in [2.75, 3.05) is 26.0 Å². The molecule has 9 heteroatoms. The number of aryl methyl sites for hydroxylation is 1. The van der Waals surface area contributed by atoms with E-state index in [1.54, 1.807) is 24.1 Å². The lowest BCUT2D eigenvalue weighted by atomic mass is 10.2. The van der Waals surface area contributed by atoms with Crippen molar-refractivity contribution in [3.8, 4) is 0 Å². The quantitative estimate of drug-likeness (QED) is 0.588. The molecule has 8 nitrogen and oxygen atoms in total. The Balaban J connectivity index is 2.12. The van der Waals surface area contributed by atoms with E-state index in [4.69, 9.17) is 20.5 Å². The molecule has 0 aliphatic carbocycles. The number of rotatable bonds is 7. The fraction of sp³-hybridized carbons (Fsp3) is 0.316. The first-order valence-electron chi connectivity index (χ1n) is 10.1. The lowest BCUT2D eigenvalue weighted by Gasteiger charge is -2.11. The molecule has 0 atom stereocenters. The predicted octanol–water partition coefficient (Wildman–Crippen LogP) is 2.62. The van der Waals surface area contributed by atoms with Gasteiger partial charge in [-0.2, -0.15) is 0 Å². The summed E-state index contributed by atoms with van der Waals surface area (Å²) in [5.74, 6) is -0.847. The van der Waals surface area contributed by atoms with Gasteiger partial charge in [0.05, 0.1) is 34.4 Å². The molecular weight excluding hydrogens is 382 g/mol. The minimum atomic E-state index is -2.67. The van der Waals surface area contributed by atoms with Crippen molar-refractivity contribution in [1.82, 2.24) is 19.4 Å². The summed E-state index contributed by atoms with van der Waals surface area (Å²) in [5.41, 5.74) is 1.14. The van der Waals surface area contributed by atoms with E-state index >= 15 is 0 Å². The van der Waals surface area contributed by atoms with E-state index in [2.05, 4.69) is 10.3 Å². The number of anilines is 2. The maximum atomic E-state index is 13.0. The van der Waals surface area contributed by atoms with Crippen LogP contribution in [0, 0.1) is 0 Å². The van der Waals surface area contributed by atoms with E-state index < -0.39 is 12.9 Å². The number of halogens is 1. The molecule has 0 bridgehead atoms. The Kier molecular flexibility index (Phi) is 4.87. The van der Waals surface area contributed by atoms with Gasteiger partial charge in [0.15, 0.2) is 0 Å². The van der Waals surface area contributed by atoms with Crippen LogP contribution in [0.25, 0.3) is 10.9 Å². The van der Waals surface area contributed by atoms with Gasteiger partial charge in [-0.05, 0) is 19.1 Å². The van der Waals surface area contributed by atoms with Crippen molar-refractivity contribution < 1.29 is 13.6 Å². The van der Waals surface area contributed by atoms with Crippen LogP contribution in [0.5, 0.6) is 0 Å². The molecule has 3 rings (SSSR count). The summed E-state index contributed by atoms with van der Waals surface area (Å²) in [6.07, 6.45) is 4.64. The predicted molar refractivity (Wildman–Crippen MR) is 110 cm³/mol. The third kappa shape index (κ3) is 3.74. The molecule has 0 aromatic carbocycles. The maximum absolute atomic E-state index is 13.0. The molecular formula is C19H22ClN5O3. The first kappa shape index (κ1) is 16.1. The number of nitrogens with one attached hydrogen (secondary N) is 2. The first-order chi connectivity index (χ1) is 14.6. The van der Waals surface area contributed by atoms with Gasteiger partial charge in [0.25, 0.3) is 11.5 Å². The number of pyridine rings is 2. The molecule has 0 radical (unpaired) electrons. The summed E-state index contributed by atoms with van der Waals surface area (Å²) in [5, 5.41) is 5.52. The molecule has 0 unspecified atom stereocenters. The summed E-state index contributed by atoms with van der Waals surface area (Å²) in [7, 11) is 1.59. The molecule has 3 aromatic rings. The summed E-state index contributed by atoms with van der Waals surface area (Å²) in [6.45, 7) is 0.632. The summed E-state index contributed by atoms with van der Waals surface area (Å²) < 4.78 is 30.4. The minimum absolute atomic E-state index is 0.0231. The molecule has 0 saturated carbocycles. The van der Waals surface area contributed by atoms with Crippen LogP contribution in [0.2, 0.25) is 5.15 Å². The number of nitrogens with zero attached hydrogens (tertiary/aromatic N) is 3. The smallest absolute Gasteiger partial charge is 0.262 e. The molecule has 0 aliphatic rings. The Bertz CT molecular complexity index is 1170. The van der Waals surface area contributed by atoms with Crippen LogP contribution in [-0.2, 0) is 17.8 Å². The largest absolute Gasteiger partial charge is 0.383 e. The highest BCUT2D eigenvalue weighted by Gasteiger charge is 2.17. The standard InChI is InChI=1S/C19H22ClN5O3/c1-4-24-6-5-15-17(19(24)27)14(11-25(15)7-8-28-3)23-13-9-16(20)22-10-12(13)18(26)21-2/h5-6,9-11H,4,7-8H2,1-3H3,(H,21,26)(H,22,23)/i2D3. The topological polar surface area (TPSA) is 90.2 Å². The van der Waals surface area contributed by atoms with Gasteiger partial charge in [0.2, 0.25) is 0 Å². The van der Waals surface area contributed by atoms with Gasteiger partial charge in [-0.1, -0.05) is 11.6 Å². The van der Waals surface area contributed by atoms with Gasteiger partial charge in [-0.15, -0.1) is 0 Å².